The van der Waals surface area contributed by atoms with Crippen molar-refractivity contribution in [1.82, 2.24) is 10.2 Å². The molecule has 0 aliphatic carbocycles. The molecule has 1 aliphatic heterocycles. The van der Waals surface area contributed by atoms with Crippen LogP contribution in [0.4, 0.5) is 0 Å². The van der Waals surface area contributed by atoms with E-state index in [1.807, 2.05) is 38.2 Å². The summed E-state index contributed by atoms with van der Waals surface area (Å²) < 4.78 is 0. The summed E-state index contributed by atoms with van der Waals surface area (Å²) in [5.41, 5.74) is 2.85. The van der Waals surface area contributed by atoms with E-state index in [4.69, 9.17) is 12.2 Å². The molecule has 0 amide bonds. The molecular weight excluding hydrogens is 320 g/mol. The second kappa shape index (κ2) is 6.45. The number of benzene rings is 2. The highest BCUT2D eigenvalue weighted by molar-refractivity contribution is 7.80. The first-order valence-corrected chi connectivity index (χ1v) is 8.03. The maximum Gasteiger partial charge on any atom is 0.193 e. The van der Waals surface area contributed by atoms with Gasteiger partial charge in [-0.1, -0.05) is 42.5 Å². The van der Waals surface area contributed by atoms with Crippen LogP contribution in [0.3, 0.4) is 0 Å². The average molecular weight is 338 g/mol. The van der Waals surface area contributed by atoms with Crippen molar-refractivity contribution in [3.05, 3.63) is 77.0 Å². The number of phenolic OH excluding ortho intramolecular Hbond substituents is 1. The number of nitrogens with one attached hydrogen (secondary N) is 1. The Kier molecular flexibility index (Phi) is 4.36. The van der Waals surface area contributed by atoms with Crippen LogP contribution in [0.2, 0.25) is 0 Å². The van der Waals surface area contributed by atoms with Crippen molar-refractivity contribution >= 4 is 23.1 Å². The number of thiocarbonyl (C=S) groups is 1. The third kappa shape index (κ3) is 2.90. The Balaban J connectivity index is 2.13. The van der Waals surface area contributed by atoms with Gasteiger partial charge < -0.3 is 15.3 Å². The van der Waals surface area contributed by atoms with E-state index in [-0.39, 0.29) is 11.5 Å². The van der Waals surface area contributed by atoms with Crippen LogP contribution in [0.25, 0.3) is 0 Å². The van der Waals surface area contributed by atoms with Crippen molar-refractivity contribution < 1.29 is 9.90 Å². The fourth-order valence-electron chi connectivity index (χ4n) is 2.83. The molecule has 1 aliphatic rings. The zero-order valence-corrected chi connectivity index (χ0v) is 14.3. The van der Waals surface area contributed by atoms with Crippen LogP contribution in [0, 0.1) is 0 Å². The first-order chi connectivity index (χ1) is 11.5. The summed E-state index contributed by atoms with van der Waals surface area (Å²) in [7, 11) is 1.83. The number of rotatable bonds is 3. The Morgan fingerprint density at radius 2 is 1.88 bits per heavy atom. The molecule has 0 fully saturated rings. The predicted molar refractivity (Wildman–Crippen MR) is 97.8 cm³/mol. The van der Waals surface area contributed by atoms with Crippen molar-refractivity contribution in [1.29, 1.82) is 0 Å². The van der Waals surface area contributed by atoms with Crippen LogP contribution in [0.15, 0.2) is 65.9 Å². The number of carbonyl (C=O) groups excluding carboxylic acids is 1. The highest BCUT2D eigenvalue weighted by Crippen LogP contribution is 2.33. The monoisotopic (exact) mass is 338 g/mol. The third-order valence-electron chi connectivity index (χ3n) is 4.24. The molecule has 4 nitrogen and oxygen atoms in total. The van der Waals surface area contributed by atoms with Crippen molar-refractivity contribution in [2.75, 3.05) is 7.05 Å². The van der Waals surface area contributed by atoms with Crippen molar-refractivity contribution in [3.8, 4) is 5.75 Å². The molecule has 3 rings (SSSR count). The van der Waals surface area contributed by atoms with Crippen LogP contribution >= 0.6 is 12.2 Å². The summed E-state index contributed by atoms with van der Waals surface area (Å²) in [5.74, 6) is 0.103. The quantitative estimate of drug-likeness (QED) is 0.663. The minimum absolute atomic E-state index is 0.0525. The second-order valence-electron chi connectivity index (χ2n) is 5.73. The van der Waals surface area contributed by atoms with Crippen LogP contribution in [-0.4, -0.2) is 27.9 Å². The number of carbonyl (C=O) groups is 1. The SMILES string of the molecule is CC1=C(C(=O)c2ccccc2)[C@H](c2cccc(O)c2)NC(=S)N1C. The molecule has 24 heavy (non-hydrogen) atoms. The van der Waals surface area contributed by atoms with Gasteiger partial charge in [-0.3, -0.25) is 4.79 Å². The van der Waals surface area contributed by atoms with E-state index in [2.05, 4.69) is 5.32 Å². The van der Waals surface area contributed by atoms with Gasteiger partial charge in [-0.15, -0.1) is 0 Å². The standard InChI is InChI=1S/C19H18N2O2S/c1-12-16(18(23)13-7-4-3-5-8-13)17(20-19(24)21(12)2)14-9-6-10-15(22)11-14/h3-11,17,22H,1-2H3,(H,20,24)/t17-/m0/s1. The van der Waals surface area contributed by atoms with Gasteiger partial charge in [-0.05, 0) is 36.8 Å². The Morgan fingerprint density at radius 3 is 2.54 bits per heavy atom. The lowest BCUT2D eigenvalue weighted by Gasteiger charge is -2.36. The molecule has 2 aromatic carbocycles. The highest BCUT2D eigenvalue weighted by atomic mass is 32.1. The summed E-state index contributed by atoms with van der Waals surface area (Å²) in [4.78, 5) is 14.9. The number of ketones is 1. The first-order valence-electron chi connectivity index (χ1n) is 7.62. The molecule has 122 valence electrons. The molecular formula is C19H18N2O2S. The van der Waals surface area contributed by atoms with Gasteiger partial charge in [0.1, 0.15) is 5.75 Å². The number of hydrogen-bond donors (Lipinski definition) is 2. The molecule has 0 bridgehead atoms. The molecule has 0 aromatic heterocycles. The fourth-order valence-corrected chi connectivity index (χ4v) is 3.08. The number of phenols is 1. The molecule has 0 spiro atoms. The Labute approximate surface area is 146 Å². The Hall–Kier alpha value is -2.66. The zero-order valence-electron chi connectivity index (χ0n) is 13.5. The number of Topliss-reactive ketones (excluding diaryl/α,β-unsaturated/α-hetero) is 1. The highest BCUT2D eigenvalue weighted by Gasteiger charge is 2.32. The Bertz CT molecular complexity index is 830. The van der Waals surface area contributed by atoms with Crippen molar-refractivity contribution in [3.63, 3.8) is 0 Å². The normalized spacial score (nSPS) is 17.7. The lowest BCUT2D eigenvalue weighted by Crippen LogP contribution is -2.45. The Morgan fingerprint density at radius 1 is 1.17 bits per heavy atom. The molecule has 1 heterocycles. The summed E-state index contributed by atoms with van der Waals surface area (Å²) in [6.07, 6.45) is 0. The number of allylic oxidation sites excluding steroid dienone is 1. The number of hydrogen-bond acceptors (Lipinski definition) is 3. The summed E-state index contributed by atoms with van der Waals surface area (Å²) in [6, 6.07) is 15.7. The average Bonchev–Trinajstić information content (AvgIpc) is 2.59. The van der Waals surface area contributed by atoms with Gasteiger partial charge >= 0.3 is 0 Å². The van der Waals surface area contributed by atoms with Crippen LogP contribution < -0.4 is 5.32 Å². The van der Waals surface area contributed by atoms with Crippen molar-refractivity contribution in [2.24, 2.45) is 0 Å². The first kappa shape index (κ1) is 16.2. The minimum atomic E-state index is -0.395. The lowest BCUT2D eigenvalue weighted by atomic mass is 9.89. The maximum atomic E-state index is 13.1. The van der Waals surface area contributed by atoms with E-state index < -0.39 is 6.04 Å². The van der Waals surface area contributed by atoms with E-state index in [0.29, 0.717) is 16.2 Å². The van der Waals surface area contributed by atoms with Gasteiger partial charge in [-0.25, -0.2) is 0 Å². The van der Waals surface area contributed by atoms with E-state index in [1.54, 1.807) is 35.2 Å². The van der Waals surface area contributed by atoms with Gasteiger partial charge in [0.25, 0.3) is 0 Å². The third-order valence-corrected chi connectivity index (χ3v) is 4.63. The lowest BCUT2D eigenvalue weighted by molar-refractivity contribution is 0.102. The predicted octanol–water partition coefficient (Wildman–Crippen LogP) is 3.41. The largest absolute Gasteiger partial charge is 0.508 e. The molecule has 2 N–H and O–H groups in total. The molecule has 0 saturated heterocycles. The summed E-state index contributed by atoms with van der Waals surface area (Å²) >= 11 is 5.38. The number of nitrogens with zero attached hydrogens (tertiary/aromatic N) is 1. The summed E-state index contributed by atoms with van der Waals surface area (Å²) in [5, 5.41) is 13.6. The molecule has 0 saturated carbocycles. The van der Waals surface area contributed by atoms with Gasteiger partial charge in [0.05, 0.1) is 6.04 Å². The van der Waals surface area contributed by atoms with Gasteiger partial charge in [0, 0.05) is 23.9 Å². The van der Waals surface area contributed by atoms with E-state index >= 15 is 0 Å². The van der Waals surface area contributed by atoms with E-state index in [9.17, 15) is 9.90 Å². The van der Waals surface area contributed by atoms with Crippen LogP contribution in [0.1, 0.15) is 28.9 Å². The van der Waals surface area contributed by atoms with Gasteiger partial charge in [0.15, 0.2) is 10.9 Å². The van der Waals surface area contributed by atoms with E-state index in [0.717, 1.165) is 11.3 Å². The topological polar surface area (TPSA) is 52.6 Å². The van der Waals surface area contributed by atoms with Gasteiger partial charge in [-0.2, -0.15) is 0 Å². The van der Waals surface area contributed by atoms with Crippen LogP contribution in [-0.2, 0) is 0 Å². The zero-order chi connectivity index (χ0) is 17.3. The number of aromatic hydroxyl groups is 1. The molecule has 0 unspecified atom stereocenters. The fraction of sp³-hybridized carbons (Fsp3) is 0.158. The molecule has 1 atom stereocenters. The van der Waals surface area contributed by atoms with Gasteiger partial charge in [0.2, 0.25) is 0 Å². The van der Waals surface area contributed by atoms with Crippen molar-refractivity contribution in [2.45, 2.75) is 13.0 Å². The summed E-state index contributed by atoms with van der Waals surface area (Å²) in [6.45, 7) is 1.89. The molecule has 5 heteroatoms. The smallest absolute Gasteiger partial charge is 0.193 e. The maximum absolute atomic E-state index is 13.1. The molecule has 0 radical (unpaired) electrons. The minimum Gasteiger partial charge on any atom is -0.508 e. The second-order valence-corrected chi connectivity index (χ2v) is 6.12. The van der Waals surface area contributed by atoms with Crippen LogP contribution in [0.5, 0.6) is 5.75 Å². The molecule has 2 aromatic rings. The van der Waals surface area contributed by atoms with E-state index in [1.165, 1.54) is 0 Å².